The number of aromatic nitrogens is 1. The van der Waals surface area contributed by atoms with Crippen molar-refractivity contribution in [3.8, 4) is 0 Å². The molecule has 0 saturated carbocycles. The molecule has 0 bridgehead atoms. The largest absolute Gasteiger partial charge is 0.385 e. The van der Waals surface area contributed by atoms with E-state index in [2.05, 4.69) is 15.4 Å². The number of anilines is 1. The van der Waals surface area contributed by atoms with Gasteiger partial charge in [0, 0.05) is 52.5 Å². The van der Waals surface area contributed by atoms with Crippen LogP contribution in [0.15, 0.2) is 10.6 Å². The Morgan fingerprint density at radius 3 is 2.80 bits per heavy atom. The molecule has 7 heteroatoms. The lowest BCUT2D eigenvalue weighted by molar-refractivity contribution is 0.183. The maximum absolute atomic E-state index is 11.9. The molecule has 1 saturated heterocycles. The summed E-state index contributed by atoms with van der Waals surface area (Å²) < 4.78 is 10.0. The molecule has 2 amide bonds. The minimum Gasteiger partial charge on any atom is -0.385 e. The second-order valence-corrected chi connectivity index (χ2v) is 4.85. The first kappa shape index (κ1) is 14.6. The van der Waals surface area contributed by atoms with E-state index < -0.39 is 0 Å². The van der Waals surface area contributed by atoms with Crippen molar-refractivity contribution in [2.45, 2.75) is 13.3 Å². The third-order valence-corrected chi connectivity index (χ3v) is 3.31. The van der Waals surface area contributed by atoms with Crippen molar-refractivity contribution in [3.63, 3.8) is 0 Å². The third-order valence-electron chi connectivity index (χ3n) is 3.31. The topological polar surface area (TPSA) is 70.8 Å². The number of piperazine rings is 1. The molecule has 1 aromatic heterocycles. The fourth-order valence-electron chi connectivity index (χ4n) is 2.16. The molecule has 0 spiro atoms. The number of nitrogens with one attached hydrogen (secondary N) is 1. The molecule has 2 heterocycles. The van der Waals surface area contributed by atoms with E-state index in [1.54, 1.807) is 7.11 Å². The molecule has 1 aromatic rings. The highest BCUT2D eigenvalue weighted by atomic mass is 16.5. The molecule has 1 aliphatic heterocycles. The number of hydrogen-bond acceptors (Lipinski definition) is 5. The van der Waals surface area contributed by atoms with Gasteiger partial charge in [-0.3, -0.25) is 0 Å². The summed E-state index contributed by atoms with van der Waals surface area (Å²) in [5, 5.41) is 6.90. The Kier molecular flexibility index (Phi) is 5.23. The second kappa shape index (κ2) is 7.14. The van der Waals surface area contributed by atoms with Crippen LogP contribution >= 0.6 is 0 Å². The molecular weight excluding hydrogens is 260 g/mol. The first-order chi connectivity index (χ1) is 9.70. The SMILES string of the molecule is COCCCNC(=O)N1CCN(c2cc(C)on2)CC1. The number of nitrogens with zero attached hydrogens (tertiary/aromatic N) is 3. The van der Waals surface area contributed by atoms with E-state index in [0.29, 0.717) is 26.2 Å². The molecule has 1 aliphatic rings. The Hall–Kier alpha value is -1.76. The lowest BCUT2D eigenvalue weighted by atomic mass is 10.3. The smallest absolute Gasteiger partial charge is 0.317 e. The van der Waals surface area contributed by atoms with Gasteiger partial charge < -0.3 is 24.4 Å². The number of hydrogen-bond donors (Lipinski definition) is 1. The Morgan fingerprint density at radius 2 is 2.20 bits per heavy atom. The van der Waals surface area contributed by atoms with Crippen LogP contribution in [-0.4, -0.2) is 62.5 Å². The number of carbonyl (C=O) groups is 1. The molecule has 0 aliphatic carbocycles. The number of amides is 2. The second-order valence-electron chi connectivity index (χ2n) is 4.85. The molecule has 0 unspecified atom stereocenters. The van der Waals surface area contributed by atoms with E-state index in [1.807, 2.05) is 17.9 Å². The summed E-state index contributed by atoms with van der Waals surface area (Å²) in [7, 11) is 1.66. The van der Waals surface area contributed by atoms with Gasteiger partial charge in [0.2, 0.25) is 0 Å². The summed E-state index contributed by atoms with van der Waals surface area (Å²) >= 11 is 0. The minimum atomic E-state index is -0.00270. The summed E-state index contributed by atoms with van der Waals surface area (Å²) in [6.45, 7) is 6.13. The van der Waals surface area contributed by atoms with Crippen LogP contribution in [0, 0.1) is 6.92 Å². The Labute approximate surface area is 118 Å². The number of rotatable bonds is 5. The van der Waals surface area contributed by atoms with Crippen LogP contribution in [0.25, 0.3) is 0 Å². The zero-order valence-corrected chi connectivity index (χ0v) is 12.1. The van der Waals surface area contributed by atoms with Gasteiger partial charge in [-0.1, -0.05) is 5.16 Å². The Morgan fingerprint density at radius 1 is 1.45 bits per heavy atom. The summed E-state index contributed by atoms with van der Waals surface area (Å²) in [6, 6.07) is 1.91. The van der Waals surface area contributed by atoms with Crippen molar-refractivity contribution in [1.29, 1.82) is 0 Å². The van der Waals surface area contributed by atoms with Gasteiger partial charge in [-0.15, -0.1) is 0 Å². The van der Waals surface area contributed by atoms with E-state index >= 15 is 0 Å². The molecule has 0 aromatic carbocycles. The first-order valence-corrected chi connectivity index (χ1v) is 6.90. The van der Waals surface area contributed by atoms with Gasteiger partial charge in [0.25, 0.3) is 0 Å². The fourth-order valence-corrected chi connectivity index (χ4v) is 2.16. The lowest BCUT2D eigenvalue weighted by Gasteiger charge is -2.34. The highest BCUT2D eigenvalue weighted by Gasteiger charge is 2.22. The zero-order chi connectivity index (χ0) is 14.4. The Balaban J connectivity index is 1.72. The van der Waals surface area contributed by atoms with Gasteiger partial charge in [0.15, 0.2) is 5.82 Å². The van der Waals surface area contributed by atoms with Crippen LogP contribution < -0.4 is 10.2 Å². The van der Waals surface area contributed by atoms with Crippen molar-refractivity contribution in [2.75, 3.05) is 51.3 Å². The summed E-state index contributed by atoms with van der Waals surface area (Å²) in [6.07, 6.45) is 0.834. The predicted octanol–water partition coefficient (Wildman–Crippen LogP) is 0.851. The summed E-state index contributed by atoms with van der Waals surface area (Å²) in [4.78, 5) is 15.9. The van der Waals surface area contributed by atoms with Crippen molar-refractivity contribution in [2.24, 2.45) is 0 Å². The van der Waals surface area contributed by atoms with Crippen molar-refractivity contribution >= 4 is 11.8 Å². The van der Waals surface area contributed by atoms with Gasteiger partial charge in [0.05, 0.1) is 0 Å². The maximum Gasteiger partial charge on any atom is 0.317 e. The van der Waals surface area contributed by atoms with Gasteiger partial charge in [-0.25, -0.2) is 4.79 Å². The predicted molar refractivity (Wildman–Crippen MR) is 74.9 cm³/mol. The third kappa shape index (κ3) is 3.86. The molecule has 0 atom stereocenters. The van der Waals surface area contributed by atoms with E-state index in [0.717, 1.165) is 31.1 Å². The monoisotopic (exact) mass is 282 g/mol. The van der Waals surface area contributed by atoms with Gasteiger partial charge in [0.1, 0.15) is 5.76 Å². The number of aryl methyl sites for hydroxylation is 1. The molecule has 1 N–H and O–H groups in total. The van der Waals surface area contributed by atoms with Crippen molar-refractivity contribution in [1.82, 2.24) is 15.4 Å². The quantitative estimate of drug-likeness (QED) is 0.811. The first-order valence-electron chi connectivity index (χ1n) is 6.90. The Bertz CT molecular complexity index is 427. The average molecular weight is 282 g/mol. The molecule has 0 radical (unpaired) electrons. The molecule has 1 fully saturated rings. The highest BCUT2D eigenvalue weighted by molar-refractivity contribution is 5.74. The average Bonchev–Trinajstić information content (AvgIpc) is 2.90. The van der Waals surface area contributed by atoms with Crippen LogP contribution in [-0.2, 0) is 4.74 Å². The van der Waals surface area contributed by atoms with Gasteiger partial charge in [-0.2, -0.15) is 0 Å². The van der Waals surface area contributed by atoms with Gasteiger partial charge >= 0.3 is 6.03 Å². The summed E-state index contributed by atoms with van der Waals surface area (Å²) in [5.41, 5.74) is 0. The van der Waals surface area contributed by atoms with E-state index in [1.165, 1.54) is 0 Å². The van der Waals surface area contributed by atoms with Crippen LogP contribution in [0.1, 0.15) is 12.2 Å². The van der Waals surface area contributed by atoms with Crippen LogP contribution in [0.4, 0.5) is 10.6 Å². The summed E-state index contributed by atoms with van der Waals surface area (Å²) in [5.74, 6) is 1.65. The fraction of sp³-hybridized carbons (Fsp3) is 0.692. The van der Waals surface area contributed by atoms with Gasteiger partial charge in [-0.05, 0) is 13.3 Å². The van der Waals surface area contributed by atoms with Crippen LogP contribution in [0.2, 0.25) is 0 Å². The number of urea groups is 1. The maximum atomic E-state index is 11.9. The van der Waals surface area contributed by atoms with E-state index in [9.17, 15) is 4.79 Å². The molecule has 2 rings (SSSR count). The van der Waals surface area contributed by atoms with E-state index in [-0.39, 0.29) is 6.03 Å². The van der Waals surface area contributed by atoms with Crippen molar-refractivity contribution in [3.05, 3.63) is 11.8 Å². The molecule has 112 valence electrons. The normalized spacial score (nSPS) is 15.5. The standard InChI is InChI=1S/C13H22N4O3/c1-11-10-12(15-20-11)16-5-7-17(8-6-16)13(18)14-4-3-9-19-2/h10H,3-9H2,1-2H3,(H,14,18). The zero-order valence-electron chi connectivity index (χ0n) is 12.1. The minimum absolute atomic E-state index is 0.00270. The molecule has 20 heavy (non-hydrogen) atoms. The van der Waals surface area contributed by atoms with E-state index in [4.69, 9.17) is 9.26 Å². The molecular formula is C13H22N4O3. The number of carbonyl (C=O) groups excluding carboxylic acids is 1. The number of ether oxygens (including phenoxy) is 1. The lowest BCUT2D eigenvalue weighted by Crippen LogP contribution is -2.52. The number of methoxy groups -OCH3 is 1. The highest BCUT2D eigenvalue weighted by Crippen LogP contribution is 2.15. The van der Waals surface area contributed by atoms with Crippen LogP contribution in [0.3, 0.4) is 0 Å². The van der Waals surface area contributed by atoms with Crippen LogP contribution in [0.5, 0.6) is 0 Å². The molecule has 7 nitrogen and oxygen atoms in total. The van der Waals surface area contributed by atoms with Crippen molar-refractivity contribution < 1.29 is 14.1 Å².